The highest BCUT2D eigenvalue weighted by atomic mass is 35.5. The molecule has 0 aliphatic carbocycles. The highest BCUT2D eigenvalue weighted by molar-refractivity contribution is 6.35. The molecule has 0 fully saturated rings. The van der Waals surface area contributed by atoms with Crippen LogP contribution in [0.15, 0.2) is 65.8 Å². The first-order valence-corrected chi connectivity index (χ1v) is 11.1. The number of aliphatic hydroxyl groups is 1. The summed E-state index contributed by atoms with van der Waals surface area (Å²) in [5.41, 5.74) is -1.13. The van der Waals surface area contributed by atoms with E-state index in [1.807, 2.05) is 0 Å². The summed E-state index contributed by atoms with van der Waals surface area (Å²) >= 11 is 23.9. The van der Waals surface area contributed by atoms with Crippen molar-refractivity contribution in [2.24, 2.45) is 5.10 Å². The third-order valence-corrected chi connectivity index (χ3v) is 6.12. The van der Waals surface area contributed by atoms with Crippen molar-refractivity contribution in [2.45, 2.75) is 12.1 Å². The van der Waals surface area contributed by atoms with E-state index in [0.717, 1.165) is 11.1 Å². The Kier molecular flexibility index (Phi) is 6.84. The summed E-state index contributed by atoms with van der Waals surface area (Å²) in [4.78, 5) is 13.1. The predicted octanol–water partition coefficient (Wildman–Crippen LogP) is 6.30. The molecule has 0 bridgehead atoms. The van der Waals surface area contributed by atoms with Gasteiger partial charge in [-0.25, -0.2) is 4.39 Å². The molecule has 170 valence electrons. The van der Waals surface area contributed by atoms with Crippen LogP contribution in [-0.2, 0) is 10.5 Å². The SMILES string of the molecule is O=C(COc1ccc(Cl)cc1)N1N=C(c2ccc(Cl)cc2)CC1(O)c1cc(F)c(Cl)cc1Cl. The third-order valence-electron chi connectivity index (χ3n) is 5.02. The molecule has 4 rings (SSSR count). The van der Waals surface area contributed by atoms with Crippen LogP contribution in [0.3, 0.4) is 0 Å². The Hall–Kier alpha value is -2.35. The average Bonchev–Trinajstić information content (AvgIpc) is 3.14. The Morgan fingerprint density at radius 1 is 1.00 bits per heavy atom. The molecule has 0 saturated carbocycles. The van der Waals surface area contributed by atoms with Crippen LogP contribution in [0.4, 0.5) is 4.39 Å². The van der Waals surface area contributed by atoms with Crippen LogP contribution in [0, 0.1) is 5.82 Å². The number of carbonyl (C=O) groups excluding carboxylic acids is 1. The molecule has 1 aliphatic rings. The predicted molar refractivity (Wildman–Crippen MR) is 127 cm³/mol. The van der Waals surface area contributed by atoms with Gasteiger partial charge in [-0.2, -0.15) is 10.1 Å². The molecule has 3 aromatic rings. The second-order valence-corrected chi connectivity index (χ2v) is 8.93. The molecule has 0 saturated heterocycles. The molecule has 5 nitrogen and oxygen atoms in total. The number of rotatable bonds is 5. The lowest BCUT2D eigenvalue weighted by Crippen LogP contribution is -2.45. The topological polar surface area (TPSA) is 62.1 Å². The van der Waals surface area contributed by atoms with Gasteiger partial charge in [0.2, 0.25) is 0 Å². The van der Waals surface area contributed by atoms with Gasteiger partial charge in [0.05, 0.1) is 15.8 Å². The first-order chi connectivity index (χ1) is 15.7. The lowest BCUT2D eigenvalue weighted by atomic mass is 9.94. The van der Waals surface area contributed by atoms with Crippen molar-refractivity contribution in [1.82, 2.24) is 5.01 Å². The van der Waals surface area contributed by atoms with Gasteiger partial charge in [-0.1, -0.05) is 58.5 Å². The zero-order valence-electron chi connectivity index (χ0n) is 16.7. The van der Waals surface area contributed by atoms with E-state index < -0.39 is 24.1 Å². The Bertz CT molecular complexity index is 1240. The summed E-state index contributed by atoms with van der Waals surface area (Å²) in [5.74, 6) is -1.08. The van der Waals surface area contributed by atoms with Gasteiger partial charge < -0.3 is 9.84 Å². The molecule has 1 atom stereocenters. The first kappa shape index (κ1) is 23.8. The lowest BCUT2D eigenvalue weighted by Gasteiger charge is -2.32. The van der Waals surface area contributed by atoms with Crippen LogP contribution >= 0.6 is 46.4 Å². The maximum Gasteiger partial charge on any atom is 0.283 e. The maximum atomic E-state index is 14.3. The number of ether oxygens (including phenoxy) is 1. The number of hydrazone groups is 1. The van der Waals surface area contributed by atoms with Crippen molar-refractivity contribution in [3.05, 3.63) is 97.7 Å². The minimum atomic E-state index is -2.07. The van der Waals surface area contributed by atoms with Crippen molar-refractivity contribution in [1.29, 1.82) is 0 Å². The molecule has 33 heavy (non-hydrogen) atoms. The highest BCUT2D eigenvalue weighted by Crippen LogP contribution is 2.41. The Balaban J connectivity index is 1.69. The van der Waals surface area contributed by atoms with Crippen LogP contribution in [0.1, 0.15) is 17.5 Å². The summed E-state index contributed by atoms with van der Waals surface area (Å²) in [5, 5.41) is 17.6. The fourth-order valence-corrected chi connectivity index (χ4v) is 4.17. The molecule has 1 amide bonds. The number of nitrogens with zero attached hydrogens (tertiary/aromatic N) is 2. The summed E-state index contributed by atoms with van der Waals surface area (Å²) in [7, 11) is 0. The van der Waals surface area contributed by atoms with Crippen LogP contribution in [0.5, 0.6) is 5.75 Å². The molecule has 3 aromatic carbocycles. The first-order valence-electron chi connectivity index (χ1n) is 9.59. The van der Waals surface area contributed by atoms with E-state index in [0.29, 0.717) is 27.1 Å². The quantitative estimate of drug-likeness (QED) is 0.396. The Morgan fingerprint density at radius 3 is 2.24 bits per heavy atom. The summed E-state index contributed by atoms with van der Waals surface area (Å²) in [6, 6.07) is 15.3. The molecule has 1 aliphatic heterocycles. The third kappa shape index (κ3) is 4.95. The molecule has 1 N–H and O–H groups in total. The van der Waals surface area contributed by atoms with E-state index in [4.69, 9.17) is 51.1 Å². The largest absolute Gasteiger partial charge is 0.484 e. The number of hydrogen-bond donors (Lipinski definition) is 1. The second-order valence-electron chi connectivity index (χ2n) is 7.24. The van der Waals surface area contributed by atoms with Crippen molar-refractivity contribution in [3.8, 4) is 5.75 Å². The molecule has 0 radical (unpaired) electrons. The molecule has 1 heterocycles. The fraction of sp³-hybridized carbons (Fsp3) is 0.130. The smallest absolute Gasteiger partial charge is 0.283 e. The molecule has 0 aromatic heterocycles. The summed E-state index contributed by atoms with van der Waals surface area (Å²) in [6.45, 7) is -0.449. The highest BCUT2D eigenvalue weighted by Gasteiger charge is 2.47. The standard InChI is InChI=1S/C23H15Cl4FN2O3/c24-14-3-1-13(2-4-14)21-11-23(32,17-9-20(28)19(27)10-18(17)26)30(29-21)22(31)12-33-16-7-5-15(25)6-8-16/h1-10,32H,11-12H2. The van der Waals surface area contributed by atoms with Crippen molar-refractivity contribution in [3.63, 3.8) is 0 Å². The summed E-state index contributed by atoms with van der Waals surface area (Å²) in [6.07, 6.45) is -0.151. The summed E-state index contributed by atoms with van der Waals surface area (Å²) < 4.78 is 19.8. The monoisotopic (exact) mass is 526 g/mol. The van der Waals surface area contributed by atoms with Gasteiger partial charge in [-0.3, -0.25) is 4.79 Å². The van der Waals surface area contributed by atoms with E-state index >= 15 is 0 Å². The Morgan fingerprint density at radius 2 is 1.61 bits per heavy atom. The second kappa shape index (κ2) is 9.49. The number of benzene rings is 3. The normalized spacial score (nSPS) is 17.8. The number of hydrogen-bond acceptors (Lipinski definition) is 4. The molecule has 10 heteroatoms. The lowest BCUT2D eigenvalue weighted by molar-refractivity contribution is -0.159. The van der Waals surface area contributed by atoms with E-state index in [-0.39, 0.29) is 22.0 Å². The number of halogens is 5. The van der Waals surface area contributed by atoms with Crippen molar-refractivity contribution < 1.29 is 19.0 Å². The minimum absolute atomic E-state index is 0.0205. The Labute approximate surface area is 208 Å². The van der Waals surface area contributed by atoms with Gasteiger partial charge >= 0.3 is 0 Å². The van der Waals surface area contributed by atoms with E-state index in [1.165, 1.54) is 6.07 Å². The van der Waals surface area contributed by atoms with Gasteiger partial charge in [-0.15, -0.1) is 0 Å². The maximum absolute atomic E-state index is 14.3. The van der Waals surface area contributed by atoms with E-state index in [9.17, 15) is 14.3 Å². The van der Waals surface area contributed by atoms with Crippen LogP contribution in [-0.4, -0.2) is 28.3 Å². The van der Waals surface area contributed by atoms with Crippen LogP contribution < -0.4 is 4.74 Å². The number of carbonyl (C=O) groups is 1. The molecular weight excluding hydrogens is 513 g/mol. The van der Waals surface area contributed by atoms with Crippen LogP contribution in [0.2, 0.25) is 20.1 Å². The molecule has 0 spiro atoms. The van der Waals surface area contributed by atoms with Crippen molar-refractivity contribution in [2.75, 3.05) is 6.61 Å². The van der Waals surface area contributed by atoms with Crippen LogP contribution in [0.25, 0.3) is 0 Å². The van der Waals surface area contributed by atoms with Gasteiger partial charge in [-0.05, 0) is 54.1 Å². The number of amides is 1. The zero-order chi connectivity index (χ0) is 23.8. The van der Waals surface area contributed by atoms with E-state index in [2.05, 4.69) is 5.10 Å². The minimum Gasteiger partial charge on any atom is -0.484 e. The van der Waals surface area contributed by atoms with Gasteiger partial charge in [0.25, 0.3) is 5.91 Å². The van der Waals surface area contributed by atoms with Gasteiger partial charge in [0, 0.05) is 22.0 Å². The van der Waals surface area contributed by atoms with Gasteiger partial charge in [0.15, 0.2) is 12.3 Å². The van der Waals surface area contributed by atoms with E-state index in [1.54, 1.807) is 48.5 Å². The fourth-order valence-electron chi connectivity index (χ4n) is 3.39. The van der Waals surface area contributed by atoms with Gasteiger partial charge in [0.1, 0.15) is 11.6 Å². The average molecular weight is 528 g/mol. The molecule has 1 unspecified atom stereocenters. The zero-order valence-corrected chi connectivity index (χ0v) is 19.8. The molecular formula is C23H15Cl4FN2O3. The van der Waals surface area contributed by atoms with Crippen molar-refractivity contribution >= 4 is 58.0 Å².